The van der Waals surface area contributed by atoms with Gasteiger partial charge >= 0.3 is 0 Å². The molecule has 0 unspecified atom stereocenters. The van der Waals surface area contributed by atoms with Crippen LogP contribution >= 0.6 is 0 Å². The highest BCUT2D eigenvalue weighted by atomic mass is 14.8. The van der Waals surface area contributed by atoms with Crippen LogP contribution in [-0.2, 0) is 0 Å². The lowest BCUT2D eigenvalue weighted by Crippen LogP contribution is -2.01. The molecule has 0 fully saturated rings. The Morgan fingerprint density at radius 3 is 2.67 bits per heavy atom. The van der Waals surface area contributed by atoms with Crippen LogP contribution in [0.1, 0.15) is 36.8 Å². The molecule has 0 spiro atoms. The maximum atomic E-state index is 8.71. The van der Waals surface area contributed by atoms with Gasteiger partial charge in [0.05, 0.1) is 11.4 Å². The molecule has 0 aliphatic rings. The zero-order valence-electron chi connectivity index (χ0n) is 7.50. The third-order valence-electron chi connectivity index (χ3n) is 1.57. The Bertz CT molecular complexity index is 323. The minimum Gasteiger partial charge on any atom is -0.253 e. The fourth-order valence-electron chi connectivity index (χ4n) is 0.985. The number of nitrogens with zero attached hydrogens (tertiary/aromatic N) is 3. The summed E-state index contributed by atoms with van der Waals surface area (Å²) in [6, 6.07) is 2.03. The Hall–Kier alpha value is -1.43. The predicted octanol–water partition coefficient (Wildman–Crippen LogP) is 1.78. The van der Waals surface area contributed by atoms with Crippen molar-refractivity contribution >= 4 is 0 Å². The van der Waals surface area contributed by atoms with Crippen LogP contribution in [0.25, 0.3) is 0 Å². The van der Waals surface area contributed by atoms with E-state index in [1.54, 1.807) is 6.20 Å². The van der Waals surface area contributed by atoms with Crippen LogP contribution in [0.15, 0.2) is 6.20 Å². The zero-order valence-corrected chi connectivity index (χ0v) is 7.50. The minimum atomic E-state index is 0.257. The molecule has 0 saturated heterocycles. The molecule has 0 atom stereocenters. The number of aryl methyl sites for hydroxylation is 1. The Kier molecular flexibility index (Phi) is 2.39. The van der Waals surface area contributed by atoms with Gasteiger partial charge in [-0.3, -0.25) is 4.98 Å². The average molecular weight is 161 g/mol. The van der Waals surface area contributed by atoms with Gasteiger partial charge in [0.1, 0.15) is 6.07 Å². The van der Waals surface area contributed by atoms with Gasteiger partial charge in [0, 0.05) is 6.20 Å². The van der Waals surface area contributed by atoms with Gasteiger partial charge < -0.3 is 0 Å². The molecule has 0 aliphatic heterocycles. The summed E-state index contributed by atoms with van der Waals surface area (Å²) in [7, 11) is 0. The fourth-order valence-corrected chi connectivity index (χ4v) is 0.985. The molecule has 0 saturated carbocycles. The molecule has 0 aromatic carbocycles. The Balaban J connectivity index is 3.24. The van der Waals surface area contributed by atoms with Crippen molar-refractivity contribution in [3.05, 3.63) is 23.3 Å². The van der Waals surface area contributed by atoms with Crippen molar-refractivity contribution in [2.24, 2.45) is 0 Å². The Morgan fingerprint density at radius 1 is 1.50 bits per heavy atom. The minimum absolute atomic E-state index is 0.257. The second kappa shape index (κ2) is 3.31. The van der Waals surface area contributed by atoms with Crippen LogP contribution in [0.5, 0.6) is 0 Å². The molecule has 1 rings (SSSR count). The van der Waals surface area contributed by atoms with E-state index in [4.69, 9.17) is 5.26 Å². The van der Waals surface area contributed by atoms with Crippen molar-refractivity contribution in [3.63, 3.8) is 0 Å². The number of aromatic nitrogens is 2. The monoisotopic (exact) mass is 161 g/mol. The lowest BCUT2D eigenvalue weighted by atomic mass is 10.1. The summed E-state index contributed by atoms with van der Waals surface area (Å²) in [5.74, 6) is 0.257. The second-order valence-electron chi connectivity index (χ2n) is 3.01. The van der Waals surface area contributed by atoms with E-state index in [0.29, 0.717) is 5.69 Å². The molecule has 0 bridgehead atoms. The highest BCUT2D eigenvalue weighted by Crippen LogP contribution is 2.14. The van der Waals surface area contributed by atoms with Crippen LogP contribution in [0.3, 0.4) is 0 Å². The molecule has 62 valence electrons. The first-order chi connectivity index (χ1) is 5.65. The number of hydrogen-bond donors (Lipinski definition) is 0. The molecule has 3 heteroatoms. The van der Waals surface area contributed by atoms with E-state index in [1.807, 2.05) is 26.8 Å². The maximum Gasteiger partial charge on any atom is 0.162 e. The molecule has 12 heavy (non-hydrogen) atoms. The number of hydrogen-bond acceptors (Lipinski definition) is 3. The summed E-state index contributed by atoms with van der Waals surface area (Å²) in [6.45, 7) is 5.88. The summed E-state index contributed by atoms with van der Waals surface area (Å²) < 4.78 is 0. The smallest absolute Gasteiger partial charge is 0.162 e. The molecule has 1 aromatic heterocycles. The summed E-state index contributed by atoms with van der Waals surface area (Å²) in [5, 5.41) is 8.71. The maximum absolute atomic E-state index is 8.71. The molecular weight excluding hydrogens is 150 g/mol. The van der Waals surface area contributed by atoms with Gasteiger partial charge in [-0.1, -0.05) is 13.8 Å². The SMILES string of the molecule is Cc1cnc(C#N)c(C(C)C)n1. The fraction of sp³-hybridized carbons (Fsp3) is 0.444. The molecule has 0 amide bonds. The van der Waals surface area contributed by atoms with Crippen molar-refractivity contribution in [3.8, 4) is 6.07 Å². The first-order valence-corrected chi connectivity index (χ1v) is 3.88. The first-order valence-electron chi connectivity index (χ1n) is 3.88. The summed E-state index contributed by atoms with van der Waals surface area (Å²) >= 11 is 0. The first kappa shape index (κ1) is 8.66. The predicted molar refractivity (Wildman–Crippen MR) is 45.6 cm³/mol. The molecule has 3 nitrogen and oxygen atoms in total. The van der Waals surface area contributed by atoms with Crippen LogP contribution in [0, 0.1) is 18.3 Å². The number of rotatable bonds is 1. The Morgan fingerprint density at radius 2 is 2.17 bits per heavy atom. The molecule has 0 aliphatic carbocycles. The van der Waals surface area contributed by atoms with E-state index in [0.717, 1.165) is 11.4 Å². The van der Waals surface area contributed by atoms with Gasteiger partial charge in [-0.05, 0) is 12.8 Å². The van der Waals surface area contributed by atoms with Gasteiger partial charge in [-0.15, -0.1) is 0 Å². The average Bonchev–Trinajstić information content (AvgIpc) is 2.04. The molecule has 0 N–H and O–H groups in total. The molecule has 1 aromatic rings. The van der Waals surface area contributed by atoms with E-state index in [1.165, 1.54) is 0 Å². The van der Waals surface area contributed by atoms with Crippen molar-refractivity contribution in [1.82, 2.24) is 9.97 Å². The van der Waals surface area contributed by atoms with Crippen LogP contribution in [-0.4, -0.2) is 9.97 Å². The molecule has 0 radical (unpaired) electrons. The van der Waals surface area contributed by atoms with Gasteiger partial charge in [0.25, 0.3) is 0 Å². The van der Waals surface area contributed by atoms with Crippen molar-refractivity contribution in [2.75, 3.05) is 0 Å². The largest absolute Gasteiger partial charge is 0.253 e. The van der Waals surface area contributed by atoms with Crippen molar-refractivity contribution < 1.29 is 0 Å². The summed E-state index contributed by atoms with van der Waals surface area (Å²) in [6.07, 6.45) is 1.62. The van der Waals surface area contributed by atoms with E-state index in [2.05, 4.69) is 9.97 Å². The molecule has 1 heterocycles. The van der Waals surface area contributed by atoms with Gasteiger partial charge in [-0.2, -0.15) is 5.26 Å². The standard InChI is InChI=1S/C9H11N3/c1-6(2)9-8(4-10)11-5-7(3)12-9/h5-6H,1-3H3. The lowest BCUT2D eigenvalue weighted by molar-refractivity contribution is 0.796. The summed E-state index contributed by atoms with van der Waals surface area (Å²) in [5.41, 5.74) is 2.09. The van der Waals surface area contributed by atoms with E-state index < -0.39 is 0 Å². The molecular formula is C9H11N3. The van der Waals surface area contributed by atoms with Crippen LogP contribution in [0.4, 0.5) is 0 Å². The topological polar surface area (TPSA) is 49.6 Å². The van der Waals surface area contributed by atoms with Crippen molar-refractivity contribution in [1.29, 1.82) is 5.26 Å². The zero-order chi connectivity index (χ0) is 9.14. The van der Waals surface area contributed by atoms with Crippen LogP contribution in [0.2, 0.25) is 0 Å². The van der Waals surface area contributed by atoms with E-state index in [-0.39, 0.29) is 5.92 Å². The quantitative estimate of drug-likeness (QED) is 0.630. The van der Waals surface area contributed by atoms with Crippen LogP contribution < -0.4 is 0 Å². The third kappa shape index (κ3) is 1.59. The van der Waals surface area contributed by atoms with E-state index >= 15 is 0 Å². The Labute approximate surface area is 72.1 Å². The van der Waals surface area contributed by atoms with Gasteiger partial charge in [-0.25, -0.2) is 4.98 Å². The summed E-state index contributed by atoms with van der Waals surface area (Å²) in [4.78, 5) is 8.25. The second-order valence-corrected chi connectivity index (χ2v) is 3.01. The van der Waals surface area contributed by atoms with Gasteiger partial charge in [0.15, 0.2) is 5.69 Å². The van der Waals surface area contributed by atoms with Crippen molar-refractivity contribution in [2.45, 2.75) is 26.7 Å². The highest BCUT2D eigenvalue weighted by Gasteiger charge is 2.08. The van der Waals surface area contributed by atoms with Gasteiger partial charge in [0.2, 0.25) is 0 Å². The third-order valence-corrected chi connectivity index (χ3v) is 1.57. The number of nitriles is 1. The normalized spacial score (nSPS) is 9.92. The highest BCUT2D eigenvalue weighted by molar-refractivity contribution is 5.28. The van der Waals surface area contributed by atoms with E-state index in [9.17, 15) is 0 Å². The lowest BCUT2D eigenvalue weighted by Gasteiger charge is -2.05.